The molecule has 0 aliphatic carbocycles. The van der Waals surface area contributed by atoms with Gasteiger partial charge in [0.15, 0.2) is 0 Å². The van der Waals surface area contributed by atoms with Gasteiger partial charge in [0.05, 0.1) is 18.3 Å². The number of fused-ring (bicyclic) bond motifs is 1. The SMILES string of the molecule is CCCC[C@@]1(CC)CN(c2ccccc2)c2ccc(OC)cc2S(=O)(=O)N1. The topological polar surface area (TPSA) is 58.6 Å². The monoisotopic (exact) mass is 388 g/mol. The van der Waals surface area contributed by atoms with Gasteiger partial charge in [0, 0.05) is 18.3 Å². The van der Waals surface area contributed by atoms with Crippen molar-refractivity contribution < 1.29 is 13.2 Å². The zero-order valence-electron chi connectivity index (χ0n) is 16.2. The van der Waals surface area contributed by atoms with E-state index in [1.807, 2.05) is 42.5 Å². The third-order valence-electron chi connectivity index (χ3n) is 5.31. The minimum absolute atomic E-state index is 0.262. The Balaban J connectivity index is 2.20. The van der Waals surface area contributed by atoms with Crippen LogP contribution < -0.4 is 14.4 Å². The molecule has 0 unspecified atom stereocenters. The first-order valence-corrected chi connectivity index (χ1v) is 11.0. The molecule has 0 bridgehead atoms. The molecule has 27 heavy (non-hydrogen) atoms. The van der Waals surface area contributed by atoms with Crippen LogP contribution in [0, 0.1) is 0 Å². The van der Waals surface area contributed by atoms with E-state index in [-0.39, 0.29) is 4.90 Å². The van der Waals surface area contributed by atoms with E-state index < -0.39 is 15.6 Å². The number of unbranched alkanes of at least 4 members (excludes halogenated alkanes) is 1. The molecular formula is C21H28N2O3S. The summed E-state index contributed by atoms with van der Waals surface area (Å²) >= 11 is 0. The van der Waals surface area contributed by atoms with Crippen LogP contribution >= 0.6 is 0 Å². The van der Waals surface area contributed by atoms with Crippen LogP contribution in [0.2, 0.25) is 0 Å². The lowest BCUT2D eigenvalue weighted by molar-refractivity contribution is 0.341. The minimum Gasteiger partial charge on any atom is -0.497 e. The molecule has 2 aromatic carbocycles. The molecule has 146 valence electrons. The van der Waals surface area contributed by atoms with Gasteiger partial charge in [-0.05, 0) is 37.1 Å². The van der Waals surface area contributed by atoms with Gasteiger partial charge in [-0.25, -0.2) is 13.1 Å². The summed E-state index contributed by atoms with van der Waals surface area (Å²) in [6.45, 7) is 4.77. The highest BCUT2D eigenvalue weighted by atomic mass is 32.2. The van der Waals surface area contributed by atoms with E-state index in [1.54, 1.807) is 13.2 Å². The molecule has 1 aliphatic rings. The Morgan fingerprint density at radius 3 is 2.52 bits per heavy atom. The highest BCUT2D eigenvalue weighted by molar-refractivity contribution is 7.89. The van der Waals surface area contributed by atoms with Crippen molar-refractivity contribution in [2.75, 3.05) is 18.6 Å². The molecule has 0 saturated heterocycles. The molecule has 1 atom stereocenters. The van der Waals surface area contributed by atoms with E-state index in [1.165, 1.54) is 0 Å². The molecular weight excluding hydrogens is 360 g/mol. The molecule has 0 amide bonds. The molecule has 1 N–H and O–H groups in total. The summed E-state index contributed by atoms with van der Waals surface area (Å²) < 4.78 is 34.9. The Labute approximate surface area is 162 Å². The van der Waals surface area contributed by atoms with Crippen LogP contribution in [0.25, 0.3) is 0 Å². The number of methoxy groups -OCH3 is 1. The first-order chi connectivity index (χ1) is 12.9. The standard InChI is InChI=1S/C21H28N2O3S/c1-4-6-14-21(5-2)16-23(17-10-8-7-9-11-17)19-13-12-18(26-3)15-20(19)27(24,25)22-21/h7-13,15,22H,4-6,14,16H2,1-3H3/t21-/m0/s1. The molecule has 1 aliphatic heterocycles. The van der Waals surface area contributed by atoms with Crippen molar-refractivity contribution in [2.45, 2.75) is 50.0 Å². The second kappa shape index (κ2) is 7.90. The number of nitrogens with zero attached hydrogens (tertiary/aromatic N) is 1. The Morgan fingerprint density at radius 1 is 1.15 bits per heavy atom. The maximum absolute atomic E-state index is 13.3. The first-order valence-electron chi connectivity index (χ1n) is 9.49. The highest BCUT2D eigenvalue weighted by Crippen LogP contribution is 2.40. The number of hydrogen-bond acceptors (Lipinski definition) is 4. The summed E-state index contributed by atoms with van der Waals surface area (Å²) in [6, 6.07) is 15.2. The fraction of sp³-hybridized carbons (Fsp3) is 0.429. The van der Waals surface area contributed by atoms with Gasteiger partial charge in [-0.15, -0.1) is 0 Å². The molecule has 0 fully saturated rings. The van der Waals surface area contributed by atoms with Gasteiger partial charge in [-0.3, -0.25) is 0 Å². The van der Waals surface area contributed by atoms with Gasteiger partial charge in [-0.1, -0.05) is 44.9 Å². The van der Waals surface area contributed by atoms with E-state index in [9.17, 15) is 8.42 Å². The predicted molar refractivity (Wildman–Crippen MR) is 109 cm³/mol. The molecule has 3 rings (SSSR count). The number of anilines is 2. The second-order valence-corrected chi connectivity index (χ2v) is 8.75. The van der Waals surface area contributed by atoms with E-state index in [4.69, 9.17) is 4.74 Å². The van der Waals surface area contributed by atoms with Gasteiger partial charge >= 0.3 is 0 Å². The number of sulfonamides is 1. The predicted octanol–water partition coefficient (Wildman–Crippen LogP) is 4.46. The van der Waals surface area contributed by atoms with Crippen molar-refractivity contribution in [3.05, 3.63) is 48.5 Å². The van der Waals surface area contributed by atoms with Gasteiger partial charge in [0.2, 0.25) is 10.0 Å². The zero-order valence-corrected chi connectivity index (χ0v) is 17.1. The normalized spacial score (nSPS) is 21.4. The molecule has 0 spiro atoms. The van der Waals surface area contributed by atoms with Gasteiger partial charge in [0.25, 0.3) is 0 Å². The summed E-state index contributed by atoms with van der Waals surface area (Å²) in [6.07, 6.45) is 3.52. The summed E-state index contributed by atoms with van der Waals surface area (Å²) in [5.74, 6) is 0.532. The molecule has 5 nitrogen and oxygen atoms in total. The third-order valence-corrected chi connectivity index (χ3v) is 6.92. The fourth-order valence-corrected chi connectivity index (χ4v) is 5.38. The summed E-state index contributed by atoms with van der Waals surface area (Å²) in [4.78, 5) is 2.38. The lowest BCUT2D eigenvalue weighted by atomic mass is 9.90. The lowest BCUT2D eigenvalue weighted by Gasteiger charge is -2.36. The van der Waals surface area contributed by atoms with Crippen LogP contribution in [0.4, 0.5) is 11.4 Å². The van der Waals surface area contributed by atoms with Crippen LogP contribution in [0.15, 0.2) is 53.4 Å². The second-order valence-electron chi connectivity index (χ2n) is 7.10. The lowest BCUT2D eigenvalue weighted by Crippen LogP contribution is -2.52. The average molecular weight is 389 g/mol. The molecule has 0 saturated carbocycles. The average Bonchev–Trinajstić information content (AvgIpc) is 2.79. The van der Waals surface area contributed by atoms with Crippen LogP contribution in [-0.4, -0.2) is 27.6 Å². The van der Waals surface area contributed by atoms with E-state index in [0.29, 0.717) is 18.0 Å². The number of ether oxygens (including phenoxy) is 1. The van der Waals surface area contributed by atoms with Crippen molar-refractivity contribution in [2.24, 2.45) is 0 Å². The van der Waals surface area contributed by atoms with E-state index in [2.05, 4.69) is 23.5 Å². The molecule has 6 heteroatoms. The summed E-state index contributed by atoms with van der Waals surface area (Å²) in [7, 11) is -2.13. The first kappa shape index (κ1) is 19.7. The van der Waals surface area contributed by atoms with Crippen molar-refractivity contribution >= 4 is 21.4 Å². The van der Waals surface area contributed by atoms with E-state index in [0.717, 1.165) is 31.4 Å². The van der Waals surface area contributed by atoms with Crippen LogP contribution in [0.5, 0.6) is 5.75 Å². The maximum atomic E-state index is 13.3. The zero-order chi connectivity index (χ0) is 19.5. The number of hydrogen-bond donors (Lipinski definition) is 1. The van der Waals surface area contributed by atoms with Crippen molar-refractivity contribution in [3.63, 3.8) is 0 Å². The number of rotatable bonds is 6. The molecule has 2 aromatic rings. The largest absolute Gasteiger partial charge is 0.497 e. The Kier molecular flexibility index (Phi) is 5.77. The van der Waals surface area contributed by atoms with Gasteiger partial charge < -0.3 is 9.64 Å². The van der Waals surface area contributed by atoms with Crippen LogP contribution in [0.3, 0.4) is 0 Å². The van der Waals surface area contributed by atoms with Gasteiger partial charge in [0.1, 0.15) is 10.6 Å². The summed E-state index contributed by atoms with van der Waals surface area (Å²) in [5, 5.41) is 0. The Bertz CT molecular complexity index is 884. The summed E-state index contributed by atoms with van der Waals surface area (Å²) in [5.41, 5.74) is 1.15. The van der Waals surface area contributed by atoms with Crippen molar-refractivity contribution in [1.29, 1.82) is 0 Å². The van der Waals surface area contributed by atoms with Crippen molar-refractivity contribution in [1.82, 2.24) is 4.72 Å². The third kappa shape index (κ3) is 3.96. The number of benzene rings is 2. The highest BCUT2D eigenvalue weighted by Gasteiger charge is 2.40. The smallest absolute Gasteiger partial charge is 0.243 e. The van der Waals surface area contributed by atoms with E-state index >= 15 is 0 Å². The molecule has 0 radical (unpaired) electrons. The minimum atomic E-state index is -3.67. The van der Waals surface area contributed by atoms with Crippen LogP contribution in [0.1, 0.15) is 39.5 Å². The van der Waals surface area contributed by atoms with Gasteiger partial charge in [-0.2, -0.15) is 0 Å². The molecule has 0 aromatic heterocycles. The maximum Gasteiger partial charge on any atom is 0.243 e. The quantitative estimate of drug-likeness (QED) is 0.793. The fourth-order valence-electron chi connectivity index (χ4n) is 3.66. The number of nitrogens with one attached hydrogen (secondary N) is 1. The van der Waals surface area contributed by atoms with Crippen LogP contribution in [-0.2, 0) is 10.0 Å². The molecule has 1 heterocycles. The Morgan fingerprint density at radius 2 is 1.89 bits per heavy atom. The van der Waals surface area contributed by atoms with Crippen molar-refractivity contribution in [3.8, 4) is 5.75 Å². The Hall–Kier alpha value is -2.05. The number of para-hydroxylation sites is 1.